The molecule has 52 heavy (non-hydrogen) atoms. The highest BCUT2D eigenvalue weighted by molar-refractivity contribution is 7.22. The molecule has 4 amide bonds. The molecule has 2 aliphatic heterocycles. The highest BCUT2D eigenvalue weighted by Crippen LogP contribution is 2.64. The molecule has 0 bridgehead atoms. The Labute approximate surface area is 311 Å². The van der Waals surface area contributed by atoms with Crippen LogP contribution in [0.15, 0.2) is 60.2 Å². The smallest absolute Gasteiger partial charge is 0.242 e. The molecule has 4 heterocycles. The first kappa shape index (κ1) is 34.7. The molecule has 2 aliphatic carbocycles. The number of nitrogens with zero attached hydrogens (tertiary/aromatic N) is 4. The summed E-state index contributed by atoms with van der Waals surface area (Å²) in [4.78, 5) is 61.4. The van der Waals surface area contributed by atoms with Crippen molar-refractivity contribution in [1.29, 1.82) is 0 Å². The van der Waals surface area contributed by atoms with Crippen molar-refractivity contribution in [2.24, 2.45) is 36.1 Å². The van der Waals surface area contributed by atoms with Crippen molar-refractivity contribution in [2.45, 2.75) is 58.9 Å². The Morgan fingerprint density at radius 2 is 1.75 bits per heavy atom. The van der Waals surface area contributed by atoms with Gasteiger partial charge in [-0.15, -0.1) is 11.3 Å². The summed E-state index contributed by atoms with van der Waals surface area (Å²) >= 11 is 7.90. The van der Waals surface area contributed by atoms with Gasteiger partial charge in [-0.3, -0.25) is 28.8 Å². The van der Waals surface area contributed by atoms with E-state index in [0.717, 1.165) is 31.7 Å². The number of benzene rings is 2. The molecule has 0 radical (unpaired) electrons. The van der Waals surface area contributed by atoms with E-state index in [2.05, 4.69) is 6.08 Å². The first-order chi connectivity index (χ1) is 24.7. The molecule has 1 N–H and O–H groups in total. The zero-order valence-electron chi connectivity index (χ0n) is 30.0. The van der Waals surface area contributed by atoms with Gasteiger partial charge >= 0.3 is 0 Å². The lowest BCUT2D eigenvalue weighted by Crippen LogP contribution is -2.49. The normalized spacial score (nSPS) is 27.3. The van der Waals surface area contributed by atoms with Gasteiger partial charge in [-0.05, 0) is 100 Å². The number of likely N-dealkylation sites (tertiary alicyclic amines) is 1. The standard InChI is InChI=1S/C40H41ClN4O6S/c1-20-26-17-22(41)9-14-30(26)52-34(20)29-19-31(43(6)42-29)44-36(48)28-18-27-24(12-13-25-32(27)37(49)45(35(25)47)39(2,3)4)33(40(28,5)38(44)50)21-7-10-23(11-8-21)51-16-15-46/h7-12,14,17,19,25,27-28,32-33,46H,13,15-16,18H2,1-6H3. The summed E-state index contributed by atoms with van der Waals surface area (Å²) in [5.41, 5.74) is 1.53. The van der Waals surface area contributed by atoms with Crippen LogP contribution in [-0.2, 0) is 26.2 Å². The van der Waals surface area contributed by atoms with E-state index in [9.17, 15) is 19.5 Å². The minimum Gasteiger partial charge on any atom is -0.491 e. The van der Waals surface area contributed by atoms with Gasteiger partial charge in [-0.25, -0.2) is 4.90 Å². The lowest BCUT2D eigenvalue weighted by Gasteiger charge is -2.49. The highest BCUT2D eigenvalue weighted by atomic mass is 35.5. The van der Waals surface area contributed by atoms with Gasteiger partial charge in [-0.2, -0.15) is 5.10 Å². The molecular weight excluding hydrogens is 700 g/mol. The number of hydrogen-bond acceptors (Lipinski definition) is 8. The minimum absolute atomic E-state index is 0.126. The van der Waals surface area contributed by atoms with E-state index >= 15 is 4.79 Å². The molecule has 6 unspecified atom stereocenters. The monoisotopic (exact) mass is 740 g/mol. The predicted molar refractivity (Wildman–Crippen MR) is 199 cm³/mol. The Bertz CT molecular complexity index is 2220. The Hall–Kier alpha value is -4.32. The number of halogens is 1. The number of hydrogen-bond donors (Lipinski definition) is 1. The second-order valence-corrected chi connectivity index (χ2v) is 17.2. The third-order valence-corrected chi connectivity index (χ3v) is 13.3. The van der Waals surface area contributed by atoms with Gasteiger partial charge in [0.25, 0.3) is 0 Å². The summed E-state index contributed by atoms with van der Waals surface area (Å²) in [6, 6.07) is 15.0. The number of carbonyl (C=O) groups is 4. The van der Waals surface area contributed by atoms with Crippen LogP contribution >= 0.6 is 22.9 Å². The van der Waals surface area contributed by atoms with Crippen molar-refractivity contribution < 1.29 is 29.0 Å². The topological polar surface area (TPSA) is 122 Å². The van der Waals surface area contributed by atoms with Crippen molar-refractivity contribution >= 4 is 62.5 Å². The van der Waals surface area contributed by atoms with Crippen LogP contribution in [0.1, 0.15) is 57.6 Å². The van der Waals surface area contributed by atoms with Crippen LogP contribution < -0.4 is 9.64 Å². The number of carbonyl (C=O) groups excluding carboxylic acids is 4. The molecular formula is C40H41ClN4O6S. The van der Waals surface area contributed by atoms with Crippen molar-refractivity contribution in [3.05, 3.63) is 76.3 Å². The van der Waals surface area contributed by atoms with Gasteiger partial charge in [-0.1, -0.05) is 35.4 Å². The lowest BCUT2D eigenvalue weighted by molar-refractivity contribution is -0.145. The van der Waals surface area contributed by atoms with Crippen LogP contribution in [0.3, 0.4) is 0 Å². The van der Waals surface area contributed by atoms with Crippen molar-refractivity contribution in [2.75, 3.05) is 18.1 Å². The summed E-state index contributed by atoms with van der Waals surface area (Å²) in [5.74, 6) is -2.92. The number of aryl methyl sites for hydroxylation is 2. The number of rotatable bonds is 6. The minimum atomic E-state index is -1.19. The van der Waals surface area contributed by atoms with Crippen LogP contribution in [0, 0.1) is 36.0 Å². The summed E-state index contributed by atoms with van der Waals surface area (Å²) < 4.78 is 8.30. The molecule has 0 spiro atoms. The van der Waals surface area contributed by atoms with Gasteiger partial charge in [0, 0.05) is 34.3 Å². The molecule has 4 aliphatic rings. The molecule has 2 aromatic heterocycles. The van der Waals surface area contributed by atoms with E-state index < -0.39 is 40.5 Å². The number of fused-ring (bicyclic) bond motifs is 5. The number of anilines is 1. The van der Waals surface area contributed by atoms with Gasteiger partial charge in [0.2, 0.25) is 23.6 Å². The zero-order chi connectivity index (χ0) is 37.0. The van der Waals surface area contributed by atoms with Gasteiger partial charge in [0.05, 0.1) is 34.7 Å². The molecule has 12 heteroatoms. The summed E-state index contributed by atoms with van der Waals surface area (Å²) in [7, 11) is 1.74. The molecule has 270 valence electrons. The fourth-order valence-electron chi connectivity index (χ4n) is 9.41. The maximum Gasteiger partial charge on any atom is 0.242 e. The predicted octanol–water partition coefficient (Wildman–Crippen LogP) is 6.66. The number of allylic oxidation sites excluding steroid dienone is 2. The zero-order valence-corrected chi connectivity index (χ0v) is 31.5. The maximum absolute atomic E-state index is 15.1. The van der Waals surface area contributed by atoms with Crippen LogP contribution in [0.5, 0.6) is 5.75 Å². The van der Waals surface area contributed by atoms with E-state index in [4.69, 9.17) is 21.4 Å². The van der Waals surface area contributed by atoms with Crippen molar-refractivity contribution in [3.8, 4) is 16.3 Å². The molecule has 10 nitrogen and oxygen atoms in total. The number of thiophene rings is 1. The Kier molecular flexibility index (Phi) is 8.09. The second-order valence-electron chi connectivity index (χ2n) is 15.7. The van der Waals surface area contributed by atoms with Gasteiger partial charge in [0.15, 0.2) is 0 Å². The van der Waals surface area contributed by atoms with Gasteiger partial charge in [0.1, 0.15) is 23.9 Å². The molecule has 2 saturated heterocycles. The van der Waals surface area contributed by atoms with E-state index in [1.54, 1.807) is 41.3 Å². The Morgan fingerprint density at radius 1 is 1.02 bits per heavy atom. The van der Waals surface area contributed by atoms with Gasteiger partial charge < -0.3 is 9.84 Å². The summed E-state index contributed by atoms with van der Waals surface area (Å²) in [6.45, 7) is 9.51. The number of ether oxygens (including phenoxy) is 1. The van der Waals surface area contributed by atoms with Crippen LogP contribution in [0.4, 0.5) is 5.82 Å². The van der Waals surface area contributed by atoms with Crippen LogP contribution in [0.2, 0.25) is 5.02 Å². The van der Waals surface area contributed by atoms with Crippen LogP contribution in [-0.4, -0.2) is 62.2 Å². The number of imide groups is 2. The second kappa shape index (κ2) is 12.1. The number of aliphatic hydroxyl groups excluding tert-OH is 1. The maximum atomic E-state index is 15.1. The first-order valence-corrected chi connectivity index (χ1v) is 18.9. The molecule has 1 saturated carbocycles. The molecule has 3 fully saturated rings. The Balaban J connectivity index is 1.23. The van der Waals surface area contributed by atoms with E-state index in [1.165, 1.54) is 9.80 Å². The molecule has 2 aromatic carbocycles. The van der Waals surface area contributed by atoms with E-state index in [-0.39, 0.29) is 43.3 Å². The van der Waals surface area contributed by atoms with E-state index in [1.807, 2.05) is 65.0 Å². The largest absolute Gasteiger partial charge is 0.491 e. The first-order valence-electron chi connectivity index (χ1n) is 17.7. The van der Waals surface area contributed by atoms with Crippen molar-refractivity contribution in [3.63, 3.8) is 0 Å². The van der Waals surface area contributed by atoms with Crippen molar-refractivity contribution in [1.82, 2.24) is 14.7 Å². The molecule has 8 rings (SSSR count). The SMILES string of the molecule is Cc1c(-c2cc(N3C(=O)C4CC5C(=CCC6C(=O)N(C(C)(C)C)C(=O)C65)C(c5ccc(OCCO)cc5)C4(C)C3=O)n(C)n2)sc2ccc(Cl)cc12. The number of aromatic nitrogens is 2. The fraction of sp³-hybridized carbons (Fsp3) is 0.425. The summed E-state index contributed by atoms with van der Waals surface area (Å²) in [5, 5.41) is 15.8. The van der Waals surface area contributed by atoms with Crippen LogP contribution in [0.25, 0.3) is 20.7 Å². The Morgan fingerprint density at radius 3 is 2.44 bits per heavy atom. The summed E-state index contributed by atoms with van der Waals surface area (Å²) in [6.07, 6.45) is 2.72. The number of aliphatic hydroxyl groups is 1. The highest BCUT2D eigenvalue weighted by Gasteiger charge is 2.68. The molecule has 4 aromatic rings. The quantitative estimate of drug-likeness (QED) is 0.173. The fourth-order valence-corrected chi connectivity index (χ4v) is 10.7. The average Bonchev–Trinajstić information content (AvgIpc) is 3.77. The third-order valence-electron chi connectivity index (χ3n) is 11.7. The molecule has 6 atom stereocenters. The van der Waals surface area contributed by atoms with E-state index in [0.29, 0.717) is 28.7 Å². The lowest BCUT2D eigenvalue weighted by atomic mass is 9.51. The third kappa shape index (κ3) is 4.95. The average molecular weight is 741 g/mol. The number of amides is 4.